The van der Waals surface area contributed by atoms with Gasteiger partial charge in [0.2, 0.25) is 0 Å². The number of ether oxygens (including phenoxy) is 3. The Hall–Kier alpha value is -1.97. The van der Waals surface area contributed by atoms with Gasteiger partial charge in [0, 0.05) is 13.0 Å². The highest BCUT2D eigenvalue weighted by Gasteiger charge is 2.31. The number of carbonyl (C=O) groups excluding carboxylic acids is 2. The van der Waals surface area contributed by atoms with Crippen molar-refractivity contribution in [3.63, 3.8) is 0 Å². The Morgan fingerprint density at radius 3 is 2.19 bits per heavy atom. The zero-order valence-corrected chi connectivity index (χ0v) is 19.4. The van der Waals surface area contributed by atoms with E-state index in [2.05, 4.69) is 4.74 Å². The van der Waals surface area contributed by atoms with Crippen LogP contribution < -0.4 is 0 Å². The van der Waals surface area contributed by atoms with E-state index in [4.69, 9.17) is 13.7 Å². The predicted molar refractivity (Wildman–Crippen MR) is 116 cm³/mol. The molecule has 0 bridgehead atoms. The molecule has 0 saturated carbocycles. The second kappa shape index (κ2) is 14.9. The van der Waals surface area contributed by atoms with Gasteiger partial charge in [0.25, 0.3) is 10.1 Å². The van der Waals surface area contributed by atoms with Gasteiger partial charge in [-0.25, -0.2) is 0 Å². The summed E-state index contributed by atoms with van der Waals surface area (Å²) in [6, 6.07) is 9.48. The van der Waals surface area contributed by atoms with Crippen LogP contribution in [-0.2, 0) is 38.1 Å². The molecule has 1 aromatic rings. The molecule has 9 heteroatoms. The van der Waals surface area contributed by atoms with Crippen LogP contribution in [0.15, 0.2) is 30.3 Å². The summed E-state index contributed by atoms with van der Waals surface area (Å²) in [6.07, 6.45) is 4.85. The Bertz CT molecular complexity index is 748. The molecule has 1 aromatic carbocycles. The molecule has 0 heterocycles. The molecular formula is C22H34O8S. The first kappa shape index (κ1) is 27.1. The summed E-state index contributed by atoms with van der Waals surface area (Å²) in [7, 11) is -0.710. The van der Waals surface area contributed by atoms with E-state index >= 15 is 0 Å². The van der Waals surface area contributed by atoms with Crippen LogP contribution >= 0.6 is 0 Å². The zero-order valence-electron chi connectivity index (χ0n) is 18.6. The van der Waals surface area contributed by atoms with Crippen molar-refractivity contribution in [3.8, 4) is 0 Å². The molecule has 176 valence electrons. The van der Waals surface area contributed by atoms with Crippen molar-refractivity contribution in [2.24, 2.45) is 5.92 Å². The molecule has 31 heavy (non-hydrogen) atoms. The van der Waals surface area contributed by atoms with Gasteiger partial charge in [0.1, 0.15) is 0 Å². The van der Waals surface area contributed by atoms with Gasteiger partial charge in [-0.2, -0.15) is 8.42 Å². The van der Waals surface area contributed by atoms with Gasteiger partial charge >= 0.3 is 11.9 Å². The molecule has 1 rings (SSSR count). The van der Waals surface area contributed by atoms with Crippen molar-refractivity contribution < 1.29 is 36.4 Å². The quantitative estimate of drug-likeness (QED) is 0.211. The van der Waals surface area contributed by atoms with E-state index in [1.807, 2.05) is 30.3 Å². The Morgan fingerprint density at radius 2 is 1.58 bits per heavy atom. The van der Waals surface area contributed by atoms with E-state index in [-0.39, 0.29) is 25.0 Å². The lowest BCUT2D eigenvalue weighted by atomic mass is 9.90. The van der Waals surface area contributed by atoms with Crippen LogP contribution in [0.5, 0.6) is 0 Å². The fourth-order valence-corrected chi connectivity index (χ4v) is 3.61. The fourth-order valence-electron chi connectivity index (χ4n) is 3.19. The number of esters is 2. The average molecular weight is 459 g/mol. The van der Waals surface area contributed by atoms with Gasteiger partial charge in [0.15, 0.2) is 0 Å². The number of hydrogen-bond acceptors (Lipinski definition) is 8. The average Bonchev–Trinajstić information content (AvgIpc) is 2.75. The maximum atomic E-state index is 12.5. The van der Waals surface area contributed by atoms with E-state index in [1.54, 1.807) is 0 Å². The van der Waals surface area contributed by atoms with Crippen molar-refractivity contribution in [1.82, 2.24) is 0 Å². The molecule has 0 fully saturated rings. The van der Waals surface area contributed by atoms with Crippen LogP contribution in [0, 0.1) is 5.92 Å². The highest BCUT2D eigenvalue weighted by molar-refractivity contribution is 7.85. The third kappa shape index (κ3) is 11.9. The molecule has 0 aliphatic heterocycles. The summed E-state index contributed by atoms with van der Waals surface area (Å²) < 4.78 is 42.4. The first-order valence-electron chi connectivity index (χ1n) is 10.4. The molecule has 0 saturated heterocycles. The Kier molecular flexibility index (Phi) is 13.0. The number of methoxy groups -OCH3 is 2. The molecule has 8 nitrogen and oxygen atoms in total. The van der Waals surface area contributed by atoms with Gasteiger partial charge < -0.3 is 14.2 Å². The minimum Gasteiger partial charge on any atom is -0.469 e. The number of benzene rings is 1. The lowest BCUT2D eigenvalue weighted by molar-refractivity contribution is -0.153. The van der Waals surface area contributed by atoms with Crippen LogP contribution in [0.1, 0.15) is 56.6 Å². The van der Waals surface area contributed by atoms with Crippen molar-refractivity contribution in [2.75, 3.05) is 33.7 Å². The van der Waals surface area contributed by atoms with Gasteiger partial charge in [0.05, 0.1) is 39.1 Å². The molecule has 2 atom stereocenters. The number of hydrogen-bond donors (Lipinski definition) is 0. The van der Waals surface area contributed by atoms with Crippen LogP contribution in [0.25, 0.3) is 0 Å². The van der Waals surface area contributed by atoms with Crippen molar-refractivity contribution >= 4 is 22.1 Å². The molecule has 0 radical (unpaired) electrons. The molecular weight excluding hydrogens is 424 g/mol. The smallest absolute Gasteiger partial charge is 0.311 e. The van der Waals surface area contributed by atoms with E-state index in [9.17, 15) is 18.0 Å². The lowest BCUT2D eigenvalue weighted by Gasteiger charge is -2.26. The van der Waals surface area contributed by atoms with Crippen LogP contribution in [0.2, 0.25) is 0 Å². The first-order chi connectivity index (χ1) is 14.8. The minimum absolute atomic E-state index is 0.162. The second-order valence-corrected chi connectivity index (χ2v) is 8.88. The van der Waals surface area contributed by atoms with Crippen LogP contribution in [0.3, 0.4) is 0 Å². The lowest BCUT2D eigenvalue weighted by Crippen LogP contribution is -2.26. The number of rotatable bonds is 16. The molecule has 2 unspecified atom stereocenters. The van der Waals surface area contributed by atoms with Crippen LogP contribution in [0.4, 0.5) is 0 Å². The predicted octanol–water partition coefficient (Wildman–Crippen LogP) is 3.41. The number of unbranched alkanes of at least 4 members (excludes halogenated alkanes) is 3. The van der Waals surface area contributed by atoms with E-state index in [0.717, 1.165) is 31.1 Å². The molecule has 0 amide bonds. The molecule has 0 spiro atoms. The third-order valence-corrected chi connectivity index (χ3v) is 5.35. The highest BCUT2D eigenvalue weighted by Crippen LogP contribution is 2.31. The van der Waals surface area contributed by atoms with E-state index < -0.39 is 22.1 Å². The van der Waals surface area contributed by atoms with Crippen molar-refractivity contribution in [3.05, 3.63) is 35.9 Å². The summed E-state index contributed by atoms with van der Waals surface area (Å²) in [5.41, 5.74) is 0.873. The Balaban J connectivity index is 2.67. The second-order valence-electron chi connectivity index (χ2n) is 7.24. The largest absolute Gasteiger partial charge is 0.469 e. The van der Waals surface area contributed by atoms with Crippen molar-refractivity contribution in [1.29, 1.82) is 0 Å². The summed E-state index contributed by atoms with van der Waals surface area (Å²) in [6.45, 7) is 0.472. The topological polar surface area (TPSA) is 105 Å². The normalized spacial score (nSPS) is 13.4. The van der Waals surface area contributed by atoms with E-state index in [1.165, 1.54) is 14.2 Å². The molecule has 0 aromatic heterocycles. The standard InChI is InChI=1S/C22H34O8S/c1-27-20(23)15-11-16-29-21(18-12-7-6-8-13-18)19(22(24)28-2)14-9-4-5-10-17-30-31(3,25)26/h6-8,12-13,19,21H,4-5,9-11,14-17H2,1-3H3. The third-order valence-electron chi connectivity index (χ3n) is 4.75. The SMILES string of the molecule is COC(=O)CCCOC(c1ccccc1)C(CCCCCCOS(C)(=O)=O)C(=O)OC. The summed E-state index contributed by atoms with van der Waals surface area (Å²) >= 11 is 0. The maximum Gasteiger partial charge on any atom is 0.311 e. The molecule has 0 N–H and O–H groups in total. The van der Waals surface area contributed by atoms with Gasteiger partial charge in [-0.05, 0) is 24.8 Å². The summed E-state index contributed by atoms with van der Waals surface area (Å²) in [5, 5.41) is 0. The minimum atomic E-state index is -3.41. The van der Waals surface area contributed by atoms with Gasteiger partial charge in [-0.15, -0.1) is 0 Å². The van der Waals surface area contributed by atoms with Gasteiger partial charge in [-0.1, -0.05) is 49.6 Å². The van der Waals surface area contributed by atoms with E-state index in [0.29, 0.717) is 25.9 Å². The highest BCUT2D eigenvalue weighted by atomic mass is 32.2. The maximum absolute atomic E-state index is 12.5. The van der Waals surface area contributed by atoms with Crippen molar-refractivity contribution in [2.45, 2.75) is 51.0 Å². The Labute approximate surface area is 185 Å². The molecule has 0 aliphatic carbocycles. The van der Waals surface area contributed by atoms with Crippen LogP contribution in [-0.4, -0.2) is 54.0 Å². The summed E-state index contributed by atoms with van der Waals surface area (Å²) in [4.78, 5) is 23.9. The monoisotopic (exact) mass is 458 g/mol. The number of carbonyl (C=O) groups is 2. The Morgan fingerprint density at radius 1 is 0.903 bits per heavy atom. The summed E-state index contributed by atoms with van der Waals surface area (Å²) in [5.74, 6) is -1.13. The van der Waals surface area contributed by atoms with Gasteiger partial charge in [-0.3, -0.25) is 13.8 Å². The first-order valence-corrected chi connectivity index (χ1v) is 12.3. The fraction of sp³-hybridized carbons (Fsp3) is 0.636. The molecule has 0 aliphatic rings. The zero-order chi connectivity index (χ0) is 23.1.